The first kappa shape index (κ1) is 23.3. The van der Waals surface area contributed by atoms with Gasteiger partial charge in [0.2, 0.25) is 5.91 Å². The van der Waals surface area contributed by atoms with Crippen LogP contribution in [-0.2, 0) is 35.8 Å². The Morgan fingerprint density at radius 3 is 2.72 bits per heavy atom. The summed E-state index contributed by atoms with van der Waals surface area (Å²) in [5.41, 5.74) is 1.58. The third kappa shape index (κ3) is 5.36. The number of anilines is 1. The zero-order valence-corrected chi connectivity index (χ0v) is 20.6. The van der Waals surface area contributed by atoms with Crippen molar-refractivity contribution in [2.75, 3.05) is 18.2 Å². The van der Waals surface area contributed by atoms with Gasteiger partial charge >= 0.3 is 5.97 Å². The van der Waals surface area contributed by atoms with Crippen LogP contribution in [0.15, 0.2) is 5.16 Å². The Morgan fingerprint density at radius 2 is 1.94 bits per heavy atom. The SMILES string of the molecule is COC(=O)c1c(NC(=O)CSc2nnc(CCC3CCCCC3)n2C)sc2c1CCCC2. The van der Waals surface area contributed by atoms with E-state index in [1.807, 2.05) is 11.6 Å². The summed E-state index contributed by atoms with van der Waals surface area (Å²) < 4.78 is 6.99. The van der Waals surface area contributed by atoms with Crippen molar-refractivity contribution in [2.45, 2.75) is 75.8 Å². The first-order valence-corrected chi connectivity index (χ1v) is 13.4. The fourth-order valence-electron chi connectivity index (χ4n) is 4.76. The van der Waals surface area contributed by atoms with Crippen LogP contribution in [0.25, 0.3) is 0 Å². The summed E-state index contributed by atoms with van der Waals surface area (Å²) in [5.74, 6) is 1.49. The lowest BCUT2D eigenvalue weighted by Crippen LogP contribution is -2.17. The number of carbonyl (C=O) groups excluding carboxylic acids is 2. The van der Waals surface area contributed by atoms with Crippen molar-refractivity contribution in [3.63, 3.8) is 0 Å². The fourth-order valence-corrected chi connectivity index (χ4v) is 6.79. The lowest BCUT2D eigenvalue weighted by molar-refractivity contribution is -0.113. The number of rotatable bonds is 8. The van der Waals surface area contributed by atoms with E-state index in [2.05, 4.69) is 15.5 Å². The molecule has 7 nitrogen and oxygen atoms in total. The first-order chi connectivity index (χ1) is 15.6. The minimum atomic E-state index is -0.372. The normalized spacial score (nSPS) is 16.6. The summed E-state index contributed by atoms with van der Waals surface area (Å²) in [5, 5.41) is 13.0. The predicted octanol–water partition coefficient (Wildman–Crippen LogP) is 4.79. The Bertz CT molecular complexity index is 963. The monoisotopic (exact) mass is 476 g/mol. The maximum absolute atomic E-state index is 12.7. The molecule has 1 saturated carbocycles. The van der Waals surface area contributed by atoms with Crippen LogP contribution in [0.3, 0.4) is 0 Å². The molecule has 2 aromatic heterocycles. The molecule has 1 N–H and O–H groups in total. The number of esters is 1. The molecular formula is C23H32N4O3S2. The molecule has 1 fully saturated rings. The van der Waals surface area contributed by atoms with Crippen LogP contribution in [0, 0.1) is 5.92 Å². The number of ether oxygens (including phenoxy) is 1. The zero-order valence-electron chi connectivity index (χ0n) is 18.9. The molecule has 0 radical (unpaired) electrons. The molecule has 0 unspecified atom stereocenters. The van der Waals surface area contributed by atoms with E-state index in [1.54, 1.807) is 0 Å². The van der Waals surface area contributed by atoms with Crippen LogP contribution in [0.1, 0.15) is 78.0 Å². The van der Waals surface area contributed by atoms with Crippen molar-refractivity contribution in [1.82, 2.24) is 14.8 Å². The Morgan fingerprint density at radius 1 is 1.16 bits per heavy atom. The summed E-state index contributed by atoms with van der Waals surface area (Å²) in [4.78, 5) is 26.2. The van der Waals surface area contributed by atoms with Crippen molar-refractivity contribution < 1.29 is 14.3 Å². The lowest BCUT2D eigenvalue weighted by Gasteiger charge is -2.20. The second-order valence-corrected chi connectivity index (χ2v) is 10.8. The Kier molecular flexibility index (Phi) is 7.88. The molecule has 0 aromatic carbocycles. The molecule has 32 heavy (non-hydrogen) atoms. The van der Waals surface area contributed by atoms with Crippen LogP contribution in [0.5, 0.6) is 0 Å². The van der Waals surface area contributed by atoms with Gasteiger partial charge in [0.1, 0.15) is 10.8 Å². The highest BCUT2D eigenvalue weighted by Crippen LogP contribution is 2.38. The Hall–Kier alpha value is -1.87. The molecule has 0 spiro atoms. The number of hydrogen-bond acceptors (Lipinski definition) is 7. The molecule has 0 bridgehead atoms. The van der Waals surface area contributed by atoms with E-state index < -0.39 is 0 Å². The molecular weight excluding hydrogens is 444 g/mol. The number of nitrogens with zero attached hydrogens (tertiary/aromatic N) is 3. The van der Waals surface area contributed by atoms with Gasteiger partial charge in [-0.3, -0.25) is 4.79 Å². The van der Waals surface area contributed by atoms with Gasteiger partial charge in [0.05, 0.1) is 18.4 Å². The maximum atomic E-state index is 12.7. The van der Waals surface area contributed by atoms with Crippen molar-refractivity contribution in [1.29, 1.82) is 0 Å². The third-order valence-corrected chi connectivity index (χ3v) is 8.80. The second-order valence-electron chi connectivity index (χ2n) is 8.74. The number of aryl methyl sites for hydroxylation is 2. The number of aromatic nitrogens is 3. The van der Waals surface area contributed by atoms with E-state index in [9.17, 15) is 9.59 Å². The topological polar surface area (TPSA) is 86.1 Å². The van der Waals surface area contributed by atoms with Gasteiger partial charge in [-0.2, -0.15) is 0 Å². The second kappa shape index (κ2) is 10.8. The van der Waals surface area contributed by atoms with E-state index in [1.165, 1.54) is 67.2 Å². The molecule has 0 atom stereocenters. The number of amides is 1. The highest BCUT2D eigenvalue weighted by atomic mass is 32.2. The highest BCUT2D eigenvalue weighted by molar-refractivity contribution is 7.99. The molecule has 1 amide bonds. The number of hydrogen-bond donors (Lipinski definition) is 1. The minimum absolute atomic E-state index is 0.148. The van der Waals surface area contributed by atoms with Crippen LogP contribution < -0.4 is 5.32 Å². The van der Waals surface area contributed by atoms with Gasteiger partial charge in [0, 0.05) is 18.3 Å². The zero-order chi connectivity index (χ0) is 22.5. The van der Waals surface area contributed by atoms with E-state index in [-0.39, 0.29) is 17.6 Å². The van der Waals surface area contributed by atoms with E-state index in [4.69, 9.17) is 4.74 Å². The third-order valence-electron chi connectivity index (χ3n) is 6.57. The summed E-state index contributed by atoms with van der Waals surface area (Å²) in [6.07, 6.45) is 12.8. The number of carbonyl (C=O) groups is 2. The Balaban J connectivity index is 1.34. The fraction of sp³-hybridized carbons (Fsp3) is 0.652. The van der Waals surface area contributed by atoms with Crippen LogP contribution >= 0.6 is 23.1 Å². The number of thiophene rings is 1. The first-order valence-electron chi connectivity index (χ1n) is 11.6. The molecule has 2 aromatic rings. The van der Waals surface area contributed by atoms with Crippen LogP contribution in [0.4, 0.5) is 5.00 Å². The van der Waals surface area contributed by atoms with Gasteiger partial charge in [0.25, 0.3) is 0 Å². The van der Waals surface area contributed by atoms with E-state index >= 15 is 0 Å². The smallest absolute Gasteiger partial charge is 0.341 e. The molecule has 4 rings (SSSR count). The number of methoxy groups -OCH3 is 1. The largest absolute Gasteiger partial charge is 0.465 e. The highest BCUT2D eigenvalue weighted by Gasteiger charge is 2.27. The van der Waals surface area contributed by atoms with Gasteiger partial charge in [-0.1, -0.05) is 43.9 Å². The maximum Gasteiger partial charge on any atom is 0.341 e. The summed E-state index contributed by atoms with van der Waals surface area (Å²) in [6.45, 7) is 0. The van der Waals surface area contributed by atoms with Gasteiger partial charge in [-0.25, -0.2) is 4.79 Å². The molecule has 2 heterocycles. The standard InChI is InChI=1S/C23H32N4O3S2/c1-27-18(13-12-15-8-4-3-5-9-15)25-26-23(27)31-14-19(28)24-21-20(22(29)30-2)16-10-6-7-11-17(16)32-21/h15H,3-14H2,1-2H3,(H,24,28). The van der Waals surface area contributed by atoms with Crippen molar-refractivity contribution >= 4 is 40.0 Å². The molecule has 0 aliphatic heterocycles. The summed E-state index contributed by atoms with van der Waals surface area (Å²) >= 11 is 2.89. The minimum Gasteiger partial charge on any atom is -0.465 e. The quantitative estimate of drug-likeness (QED) is 0.436. The van der Waals surface area contributed by atoms with E-state index in [0.717, 1.165) is 61.0 Å². The summed E-state index contributed by atoms with van der Waals surface area (Å²) in [7, 11) is 3.36. The van der Waals surface area contributed by atoms with Gasteiger partial charge in [-0.05, 0) is 43.6 Å². The van der Waals surface area contributed by atoms with Crippen molar-refractivity contribution in [3.05, 3.63) is 21.8 Å². The molecule has 2 aliphatic carbocycles. The number of fused-ring (bicyclic) bond motifs is 1. The number of thioether (sulfide) groups is 1. The molecule has 174 valence electrons. The van der Waals surface area contributed by atoms with E-state index in [0.29, 0.717) is 10.6 Å². The van der Waals surface area contributed by atoms with Crippen LogP contribution in [0.2, 0.25) is 0 Å². The molecule has 9 heteroatoms. The molecule has 0 saturated heterocycles. The molecule has 2 aliphatic rings. The predicted molar refractivity (Wildman–Crippen MR) is 128 cm³/mol. The number of nitrogens with one attached hydrogen (secondary N) is 1. The van der Waals surface area contributed by atoms with Gasteiger partial charge in [0.15, 0.2) is 5.16 Å². The van der Waals surface area contributed by atoms with Gasteiger partial charge < -0.3 is 14.6 Å². The van der Waals surface area contributed by atoms with Crippen molar-refractivity contribution in [3.8, 4) is 0 Å². The van der Waals surface area contributed by atoms with Gasteiger partial charge in [-0.15, -0.1) is 21.5 Å². The average Bonchev–Trinajstić information content (AvgIpc) is 3.36. The Labute approximate surface area is 197 Å². The lowest BCUT2D eigenvalue weighted by atomic mass is 9.86. The summed E-state index contributed by atoms with van der Waals surface area (Å²) in [6, 6.07) is 0. The van der Waals surface area contributed by atoms with Crippen molar-refractivity contribution in [2.24, 2.45) is 13.0 Å². The average molecular weight is 477 g/mol. The van der Waals surface area contributed by atoms with Crippen LogP contribution in [-0.4, -0.2) is 39.5 Å².